The van der Waals surface area contributed by atoms with Crippen LogP contribution in [0.2, 0.25) is 5.02 Å². The maximum atomic E-state index is 12.5. The van der Waals surface area contributed by atoms with Crippen molar-refractivity contribution in [3.63, 3.8) is 0 Å². The molecule has 6 nitrogen and oxygen atoms in total. The van der Waals surface area contributed by atoms with E-state index < -0.39 is 22.2 Å². The van der Waals surface area contributed by atoms with Crippen molar-refractivity contribution < 1.29 is 18.6 Å². The summed E-state index contributed by atoms with van der Waals surface area (Å²) in [5, 5.41) is 28.3. The summed E-state index contributed by atoms with van der Waals surface area (Å²) in [7, 11) is -3.90. The van der Waals surface area contributed by atoms with Crippen LogP contribution in [-0.2, 0) is 10.0 Å². The van der Waals surface area contributed by atoms with Gasteiger partial charge in [0.25, 0.3) is 0 Å². The Balaban J connectivity index is 2.40. The van der Waals surface area contributed by atoms with Gasteiger partial charge < -0.3 is 10.2 Å². The lowest BCUT2D eigenvalue weighted by molar-refractivity contribution is -0.000734. The number of rotatable bonds is 3. The Labute approximate surface area is 121 Å². The molecule has 8 heteroatoms. The molecule has 1 aromatic rings. The van der Waals surface area contributed by atoms with Crippen LogP contribution in [0, 0.1) is 11.3 Å². The summed E-state index contributed by atoms with van der Waals surface area (Å²) in [4.78, 5) is -0.147. The zero-order valence-electron chi connectivity index (χ0n) is 10.5. The summed E-state index contributed by atoms with van der Waals surface area (Å²) in [6.07, 6.45) is 0.151. The van der Waals surface area contributed by atoms with Gasteiger partial charge in [0, 0.05) is 18.1 Å². The SMILES string of the molecule is N#Cc1cc(Cl)ccc1S(=O)(=O)N1CC[C@](O)(CO)C1. The Kier molecular flexibility index (Phi) is 4.04. The van der Waals surface area contributed by atoms with Crippen LogP contribution < -0.4 is 0 Å². The Morgan fingerprint density at radius 1 is 1.50 bits per heavy atom. The Bertz CT molecular complexity index is 671. The highest BCUT2D eigenvalue weighted by Gasteiger charge is 2.41. The van der Waals surface area contributed by atoms with E-state index in [-0.39, 0.29) is 35.0 Å². The molecule has 0 unspecified atom stereocenters. The first-order valence-corrected chi connectivity index (χ1v) is 7.67. The maximum Gasteiger partial charge on any atom is 0.244 e. The van der Waals surface area contributed by atoms with Crippen molar-refractivity contribution in [1.29, 1.82) is 5.26 Å². The second-order valence-corrected chi connectivity index (χ2v) is 7.07. The fourth-order valence-electron chi connectivity index (χ4n) is 2.11. The van der Waals surface area contributed by atoms with Crippen LogP contribution in [0.3, 0.4) is 0 Å². The molecule has 0 radical (unpaired) electrons. The van der Waals surface area contributed by atoms with Crippen LogP contribution >= 0.6 is 11.6 Å². The van der Waals surface area contributed by atoms with Crippen LogP contribution in [0.5, 0.6) is 0 Å². The molecule has 1 saturated heterocycles. The van der Waals surface area contributed by atoms with E-state index in [0.29, 0.717) is 0 Å². The highest BCUT2D eigenvalue weighted by atomic mass is 35.5. The smallest absolute Gasteiger partial charge is 0.244 e. The zero-order chi connectivity index (χ0) is 15.0. The summed E-state index contributed by atoms with van der Waals surface area (Å²) in [5.41, 5.74) is -1.47. The molecule has 1 heterocycles. The van der Waals surface area contributed by atoms with E-state index in [1.54, 1.807) is 6.07 Å². The topological polar surface area (TPSA) is 102 Å². The average molecular weight is 317 g/mol. The van der Waals surface area contributed by atoms with E-state index in [1.165, 1.54) is 18.2 Å². The van der Waals surface area contributed by atoms with Crippen molar-refractivity contribution in [1.82, 2.24) is 4.31 Å². The molecule has 1 aromatic carbocycles. The fourth-order valence-corrected chi connectivity index (χ4v) is 3.92. The van der Waals surface area contributed by atoms with Gasteiger partial charge in [-0.3, -0.25) is 0 Å². The standard InChI is InChI=1S/C12H13ClN2O4S/c13-10-1-2-11(9(5-10)6-14)20(18,19)15-4-3-12(17,7-15)8-16/h1-2,5,16-17H,3-4,7-8H2/t12-/m1/s1. The van der Waals surface area contributed by atoms with Gasteiger partial charge in [-0.15, -0.1) is 0 Å². The quantitative estimate of drug-likeness (QED) is 0.836. The van der Waals surface area contributed by atoms with Gasteiger partial charge in [-0.25, -0.2) is 8.42 Å². The highest BCUT2D eigenvalue weighted by molar-refractivity contribution is 7.89. The summed E-state index contributed by atoms with van der Waals surface area (Å²) in [6, 6.07) is 5.74. The molecule has 2 N–H and O–H groups in total. The predicted molar refractivity (Wildman–Crippen MR) is 71.6 cm³/mol. The summed E-state index contributed by atoms with van der Waals surface area (Å²) in [5.74, 6) is 0. The normalized spacial score (nSPS) is 23.7. The number of hydrogen-bond acceptors (Lipinski definition) is 5. The second kappa shape index (κ2) is 5.31. The summed E-state index contributed by atoms with van der Waals surface area (Å²) >= 11 is 5.74. The molecule has 0 aliphatic carbocycles. The molecule has 0 bridgehead atoms. The molecule has 0 amide bonds. The van der Waals surface area contributed by atoms with Gasteiger partial charge >= 0.3 is 0 Å². The lowest BCUT2D eigenvalue weighted by Crippen LogP contribution is -2.38. The number of hydrogen-bond donors (Lipinski definition) is 2. The summed E-state index contributed by atoms with van der Waals surface area (Å²) in [6.45, 7) is -0.614. The second-order valence-electron chi connectivity index (χ2n) is 4.72. The number of aliphatic hydroxyl groups excluding tert-OH is 1. The van der Waals surface area contributed by atoms with E-state index in [9.17, 15) is 13.5 Å². The fraction of sp³-hybridized carbons (Fsp3) is 0.417. The molecule has 1 aliphatic heterocycles. The lowest BCUT2D eigenvalue weighted by Gasteiger charge is -2.21. The lowest BCUT2D eigenvalue weighted by atomic mass is 10.1. The van der Waals surface area contributed by atoms with E-state index in [2.05, 4.69) is 0 Å². The molecule has 20 heavy (non-hydrogen) atoms. The Morgan fingerprint density at radius 2 is 2.20 bits per heavy atom. The van der Waals surface area contributed by atoms with E-state index in [0.717, 1.165) is 4.31 Å². The minimum absolute atomic E-state index is 0.0445. The van der Waals surface area contributed by atoms with E-state index >= 15 is 0 Å². The molecule has 0 aromatic heterocycles. The van der Waals surface area contributed by atoms with Gasteiger partial charge in [0.1, 0.15) is 16.6 Å². The van der Waals surface area contributed by atoms with Crippen molar-refractivity contribution in [2.75, 3.05) is 19.7 Å². The molecule has 1 atom stereocenters. The van der Waals surface area contributed by atoms with Gasteiger partial charge in [-0.05, 0) is 24.6 Å². The number of β-amino-alcohol motifs (C(OH)–C–C–N with tert-alkyl or cyclic N) is 1. The molecule has 1 aliphatic rings. The minimum atomic E-state index is -3.90. The number of benzene rings is 1. The van der Waals surface area contributed by atoms with E-state index in [1.807, 2.05) is 0 Å². The number of halogens is 1. The molecule has 2 rings (SSSR count). The van der Waals surface area contributed by atoms with Crippen molar-refractivity contribution in [3.05, 3.63) is 28.8 Å². The zero-order valence-corrected chi connectivity index (χ0v) is 12.0. The van der Waals surface area contributed by atoms with Gasteiger partial charge in [-0.1, -0.05) is 11.6 Å². The third-order valence-corrected chi connectivity index (χ3v) is 5.41. The number of sulfonamides is 1. The first-order valence-electron chi connectivity index (χ1n) is 5.85. The maximum absolute atomic E-state index is 12.5. The number of nitriles is 1. The van der Waals surface area contributed by atoms with Gasteiger partial charge in [0.05, 0.1) is 12.2 Å². The first kappa shape index (κ1) is 15.2. The third kappa shape index (κ3) is 2.66. The predicted octanol–water partition coefficient (Wildman–Crippen LogP) is 0.329. The van der Waals surface area contributed by atoms with Gasteiger partial charge in [0.15, 0.2) is 0 Å². The molecule has 108 valence electrons. The molecule has 0 spiro atoms. The minimum Gasteiger partial charge on any atom is -0.393 e. The van der Waals surface area contributed by atoms with Crippen molar-refractivity contribution in [3.8, 4) is 6.07 Å². The largest absolute Gasteiger partial charge is 0.393 e. The average Bonchev–Trinajstić information content (AvgIpc) is 2.82. The highest BCUT2D eigenvalue weighted by Crippen LogP contribution is 2.29. The molecular formula is C12H13ClN2O4S. The molecule has 1 fully saturated rings. The monoisotopic (exact) mass is 316 g/mol. The van der Waals surface area contributed by atoms with Crippen molar-refractivity contribution in [2.24, 2.45) is 0 Å². The Hall–Kier alpha value is -1.17. The molecule has 0 saturated carbocycles. The van der Waals surface area contributed by atoms with Gasteiger partial charge in [0.2, 0.25) is 10.0 Å². The summed E-state index contributed by atoms with van der Waals surface area (Å²) < 4.78 is 26.0. The van der Waals surface area contributed by atoms with Crippen LogP contribution in [0.15, 0.2) is 23.1 Å². The number of aliphatic hydroxyl groups is 2. The third-order valence-electron chi connectivity index (χ3n) is 3.27. The van der Waals surface area contributed by atoms with E-state index in [4.69, 9.17) is 22.0 Å². The van der Waals surface area contributed by atoms with Crippen LogP contribution in [0.4, 0.5) is 0 Å². The van der Waals surface area contributed by atoms with Crippen molar-refractivity contribution in [2.45, 2.75) is 16.9 Å². The number of nitrogens with zero attached hydrogens (tertiary/aromatic N) is 2. The van der Waals surface area contributed by atoms with Crippen LogP contribution in [-0.4, -0.2) is 48.2 Å². The van der Waals surface area contributed by atoms with Crippen molar-refractivity contribution >= 4 is 21.6 Å². The van der Waals surface area contributed by atoms with Crippen LogP contribution in [0.1, 0.15) is 12.0 Å². The first-order chi connectivity index (χ1) is 9.32. The Morgan fingerprint density at radius 3 is 2.75 bits per heavy atom. The van der Waals surface area contributed by atoms with Crippen LogP contribution in [0.25, 0.3) is 0 Å². The molecular weight excluding hydrogens is 304 g/mol. The van der Waals surface area contributed by atoms with Gasteiger partial charge in [-0.2, -0.15) is 9.57 Å².